The minimum atomic E-state index is -0.0347. The number of nitrogens with one attached hydrogen (secondary N) is 1. The molecule has 0 heterocycles. The molecule has 0 saturated heterocycles. The summed E-state index contributed by atoms with van der Waals surface area (Å²) in [5.74, 6) is -0.0347. The molecule has 0 atom stereocenters. The monoisotopic (exact) mass is 339 g/mol. The lowest BCUT2D eigenvalue weighted by Gasteiger charge is -2.19. The Morgan fingerprint density at radius 3 is 2.08 bits per heavy atom. The Bertz CT molecular complexity index is 663. The van der Waals surface area contributed by atoms with Crippen LogP contribution in [0.15, 0.2) is 48.5 Å². The smallest absolute Gasteiger partial charge is 0.251 e. The van der Waals surface area contributed by atoms with Crippen molar-refractivity contribution in [3.05, 3.63) is 70.8 Å². The quantitative estimate of drug-likeness (QED) is 0.803. The van der Waals surface area contributed by atoms with Gasteiger partial charge in [-0.3, -0.25) is 4.79 Å². The maximum Gasteiger partial charge on any atom is 0.251 e. The third-order valence-corrected chi connectivity index (χ3v) is 4.17. The van der Waals surface area contributed by atoms with Gasteiger partial charge in [-0.1, -0.05) is 42.0 Å². The van der Waals surface area contributed by atoms with Gasteiger partial charge in [0.25, 0.3) is 5.91 Å². The minimum Gasteiger partial charge on any atom is -0.348 e. The molecule has 25 heavy (non-hydrogen) atoms. The molecule has 0 aromatic heterocycles. The van der Waals surface area contributed by atoms with Crippen LogP contribution in [0.4, 0.5) is 0 Å². The van der Waals surface area contributed by atoms with Crippen LogP contribution >= 0.6 is 0 Å². The molecule has 0 aliphatic heterocycles. The maximum atomic E-state index is 12.1. The van der Waals surface area contributed by atoms with E-state index in [-0.39, 0.29) is 5.91 Å². The summed E-state index contributed by atoms with van der Waals surface area (Å²) in [5, 5.41) is 2.97. The number of carbonyl (C=O) groups excluding carboxylic acids is 1. The van der Waals surface area contributed by atoms with E-state index in [0.717, 1.165) is 30.8 Å². The molecule has 2 rings (SSSR count). The molecule has 0 radical (unpaired) electrons. The van der Waals surface area contributed by atoms with E-state index in [9.17, 15) is 4.79 Å². The van der Waals surface area contributed by atoms with Gasteiger partial charge in [0.1, 0.15) is 0 Å². The molecular formula is C21H29N3O. The fourth-order valence-corrected chi connectivity index (χ4v) is 2.51. The van der Waals surface area contributed by atoms with Gasteiger partial charge in [-0.25, -0.2) is 0 Å². The molecule has 0 saturated carbocycles. The SMILES string of the molecule is Cc1ccc(C(=O)NCc2ccc(CN(C)CCN(C)C)cc2)cc1. The molecule has 1 amide bonds. The largest absolute Gasteiger partial charge is 0.348 e. The molecule has 2 aromatic rings. The molecule has 0 spiro atoms. The lowest BCUT2D eigenvalue weighted by atomic mass is 10.1. The van der Waals surface area contributed by atoms with Crippen molar-refractivity contribution >= 4 is 5.91 Å². The fourth-order valence-electron chi connectivity index (χ4n) is 2.51. The highest BCUT2D eigenvalue weighted by Crippen LogP contribution is 2.08. The Balaban J connectivity index is 1.81. The highest BCUT2D eigenvalue weighted by molar-refractivity contribution is 5.94. The number of rotatable bonds is 8. The minimum absolute atomic E-state index is 0.0347. The number of likely N-dealkylation sites (N-methyl/N-ethyl adjacent to an activating group) is 2. The van der Waals surface area contributed by atoms with Crippen LogP contribution in [-0.4, -0.2) is 49.9 Å². The van der Waals surface area contributed by atoms with Crippen molar-refractivity contribution in [2.75, 3.05) is 34.2 Å². The maximum absolute atomic E-state index is 12.1. The van der Waals surface area contributed by atoms with E-state index in [1.165, 1.54) is 5.56 Å². The second-order valence-corrected chi connectivity index (χ2v) is 6.91. The molecule has 0 fully saturated rings. The van der Waals surface area contributed by atoms with Gasteiger partial charge in [-0.05, 0) is 51.3 Å². The van der Waals surface area contributed by atoms with Gasteiger partial charge < -0.3 is 15.1 Å². The van der Waals surface area contributed by atoms with Gasteiger partial charge >= 0.3 is 0 Å². The molecule has 4 nitrogen and oxygen atoms in total. The van der Waals surface area contributed by atoms with Crippen molar-refractivity contribution in [2.45, 2.75) is 20.0 Å². The first-order chi connectivity index (χ1) is 11.9. The van der Waals surface area contributed by atoms with Crippen LogP contribution in [-0.2, 0) is 13.1 Å². The summed E-state index contributed by atoms with van der Waals surface area (Å²) in [6.45, 7) is 5.59. The highest BCUT2D eigenvalue weighted by Gasteiger charge is 2.05. The van der Waals surface area contributed by atoms with E-state index in [2.05, 4.69) is 60.5 Å². The Kier molecular flexibility index (Phi) is 7.16. The predicted molar refractivity (Wildman–Crippen MR) is 104 cm³/mol. The molecule has 4 heteroatoms. The summed E-state index contributed by atoms with van der Waals surface area (Å²) in [4.78, 5) is 16.7. The van der Waals surface area contributed by atoms with Crippen LogP contribution in [0.3, 0.4) is 0 Å². The molecule has 0 aliphatic carbocycles. The second-order valence-electron chi connectivity index (χ2n) is 6.91. The Hall–Kier alpha value is -2.17. The fraction of sp³-hybridized carbons (Fsp3) is 0.381. The van der Waals surface area contributed by atoms with Crippen molar-refractivity contribution in [3.8, 4) is 0 Å². The molecule has 0 aliphatic rings. The number of nitrogens with zero attached hydrogens (tertiary/aromatic N) is 2. The number of hydrogen-bond donors (Lipinski definition) is 1. The van der Waals surface area contributed by atoms with Crippen molar-refractivity contribution in [2.24, 2.45) is 0 Å². The number of amides is 1. The first-order valence-electron chi connectivity index (χ1n) is 8.70. The van der Waals surface area contributed by atoms with Crippen LogP contribution in [0.25, 0.3) is 0 Å². The van der Waals surface area contributed by atoms with Crippen molar-refractivity contribution in [1.29, 1.82) is 0 Å². The molecule has 134 valence electrons. The van der Waals surface area contributed by atoms with Gasteiger partial charge in [-0.15, -0.1) is 0 Å². The van der Waals surface area contributed by atoms with E-state index in [1.807, 2.05) is 31.2 Å². The lowest BCUT2D eigenvalue weighted by molar-refractivity contribution is 0.0951. The third kappa shape index (κ3) is 6.69. The zero-order chi connectivity index (χ0) is 18.2. The molecule has 2 aromatic carbocycles. The number of hydrogen-bond acceptors (Lipinski definition) is 3. The van der Waals surface area contributed by atoms with Gasteiger partial charge in [0.15, 0.2) is 0 Å². The van der Waals surface area contributed by atoms with Gasteiger partial charge in [0.05, 0.1) is 0 Å². The van der Waals surface area contributed by atoms with E-state index in [1.54, 1.807) is 0 Å². The van der Waals surface area contributed by atoms with Crippen LogP contribution in [0.2, 0.25) is 0 Å². The number of carbonyl (C=O) groups is 1. The molecule has 0 bridgehead atoms. The Labute approximate surface area is 151 Å². The van der Waals surface area contributed by atoms with E-state index in [0.29, 0.717) is 12.1 Å². The van der Waals surface area contributed by atoms with Crippen molar-refractivity contribution in [1.82, 2.24) is 15.1 Å². The third-order valence-electron chi connectivity index (χ3n) is 4.17. The zero-order valence-electron chi connectivity index (χ0n) is 15.7. The van der Waals surface area contributed by atoms with E-state index >= 15 is 0 Å². The van der Waals surface area contributed by atoms with Crippen molar-refractivity contribution < 1.29 is 4.79 Å². The summed E-state index contributed by atoms with van der Waals surface area (Å²) in [7, 11) is 6.32. The van der Waals surface area contributed by atoms with Crippen LogP contribution < -0.4 is 5.32 Å². The zero-order valence-corrected chi connectivity index (χ0v) is 15.7. The standard InChI is InChI=1S/C21H29N3O/c1-17-5-11-20(12-6-17)21(25)22-15-18-7-9-19(10-8-18)16-24(4)14-13-23(2)3/h5-12H,13-16H2,1-4H3,(H,22,25). The first kappa shape index (κ1) is 19.2. The summed E-state index contributed by atoms with van der Waals surface area (Å²) < 4.78 is 0. The van der Waals surface area contributed by atoms with Crippen LogP contribution in [0.1, 0.15) is 27.0 Å². The van der Waals surface area contributed by atoms with Crippen LogP contribution in [0, 0.1) is 6.92 Å². The summed E-state index contributed by atoms with van der Waals surface area (Å²) in [6, 6.07) is 16.1. The molecular weight excluding hydrogens is 310 g/mol. The van der Waals surface area contributed by atoms with Gasteiger partial charge in [-0.2, -0.15) is 0 Å². The van der Waals surface area contributed by atoms with Crippen molar-refractivity contribution in [3.63, 3.8) is 0 Å². The average Bonchev–Trinajstić information content (AvgIpc) is 2.60. The topological polar surface area (TPSA) is 35.6 Å². The number of benzene rings is 2. The first-order valence-corrected chi connectivity index (χ1v) is 8.70. The van der Waals surface area contributed by atoms with Crippen LogP contribution in [0.5, 0.6) is 0 Å². The predicted octanol–water partition coefficient (Wildman–Crippen LogP) is 2.92. The summed E-state index contributed by atoms with van der Waals surface area (Å²) in [5.41, 5.74) is 4.25. The lowest BCUT2D eigenvalue weighted by Crippen LogP contribution is -2.28. The Morgan fingerprint density at radius 2 is 1.48 bits per heavy atom. The number of aryl methyl sites for hydroxylation is 1. The molecule has 0 unspecified atom stereocenters. The second kappa shape index (κ2) is 9.35. The Morgan fingerprint density at radius 1 is 0.880 bits per heavy atom. The normalized spacial score (nSPS) is 11.1. The van der Waals surface area contributed by atoms with Gasteiger partial charge in [0, 0.05) is 31.7 Å². The van der Waals surface area contributed by atoms with E-state index in [4.69, 9.17) is 0 Å². The highest BCUT2D eigenvalue weighted by atomic mass is 16.1. The summed E-state index contributed by atoms with van der Waals surface area (Å²) in [6.07, 6.45) is 0. The van der Waals surface area contributed by atoms with E-state index < -0.39 is 0 Å². The summed E-state index contributed by atoms with van der Waals surface area (Å²) >= 11 is 0. The van der Waals surface area contributed by atoms with Gasteiger partial charge in [0.2, 0.25) is 0 Å². The average molecular weight is 339 g/mol. The molecule has 1 N–H and O–H groups in total.